The van der Waals surface area contributed by atoms with E-state index in [0.717, 1.165) is 0 Å². The molecule has 0 aliphatic heterocycles. The predicted molar refractivity (Wildman–Crippen MR) is 44.1 cm³/mol. The van der Waals surface area contributed by atoms with Gasteiger partial charge in [-0.15, -0.1) is 0 Å². The SMILES string of the molecule is C=C(CCN[SH](=O)=O)C(=O)OCF. The monoisotopic (exact) mass is 211 g/mol. The maximum absolute atomic E-state index is 11.5. The van der Waals surface area contributed by atoms with Crippen molar-refractivity contribution < 1.29 is 22.3 Å². The molecule has 0 bridgehead atoms. The number of esters is 1. The van der Waals surface area contributed by atoms with Crippen molar-refractivity contribution in [2.45, 2.75) is 6.42 Å². The maximum Gasteiger partial charge on any atom is 0.335 e. The number of hydrogen-bond donors (Lipinski definition) is 2. The molecule has 0 atom stereocenters. The van der Waals surface area contributed by atoms with Crippen LogP contribution in [0.25, 0.3) is 0 Å². The molecule has 0 aromatic rings. The highest BCUT2D eigenvalue weighted by molar-refractivity contribution is 7.70. The highest BCUT2D eigenvalue weighted by Gasteiger charge is 2.07. The van der Waals surface area contributed by atoms with Gasteiger partial charge in [0.2, 0.25) is 17.8 Å². The first kappa shape index (κ1) is 12.0. The predicted octanol–water partition coefficient (Wildman–Crippen LogP) is -0.481. The number of rotatable bonds is 6. The van der Waals surface area contributed by atoms with Crippen molar-refractivity contribution in [3.8, 4) is 0 Å². The third kappa shape index (κ3) is 6.23. The van der Waals surface area contributed by atoms with Crippen LogP contribution in [-0.4, -0.2) is 27.8 Å². The Morgan fingerprint density at radius 3 is 2.62 bits per heavy atom. The highest BCUT2D eigenvalue weighted by Crippen LogP contribution is 1.99. The van der Waals surface area contributed by atoms with Crippen molar-refractivity contribution in [3.63, 3.8) is 0 Å². The van der Waals surface area contributed by atoms with Gasteiger partial charge < -0.3 is 4.74 Å². The summed E-state index contributed by atoms with van der Waals surface area (Å²) in [4.78, 5) is 10.7. The van der Waals surface area contributed by atoms with E-state index in [4.69, 9.17) is 0 Å². The fourth-order valence-electron chi connectivity index (χ4n) is 0.552. The average molecular weight is 211 g/mol. The molecule has 0 unspecified atom stereocenters. The van der Waals surface area contributed by atoms with Crippen LogP contribution < -0.4 is 4.72 Å². The Morgan fingerprint density at radius 1 is 1.54 bits per heavy atom. The summed E-state index contributed by atoms with van der Waals surface area (Å²) in [7, 11) is -2.68. The number of hydrogen-bond acceptors (Lipinski definition) is 4. The Labute approximate surface area is 76.7 Å². The molecule has 1 N–H and O–H groups in total. The van der Waals surface area contributed by atoms with Crippen LogP contribution in [0.1, 0.15) is 6.42 Å². The standard InChI is InChI=1S/C6H10FNO4S/c1-5(6(9)12-4-7)2-3-8-13(10)11/h13H,1-4H2,(H,8,10,11). The van der Waals surface area contributed by atoms with Crippen LogP contribution in [0.5, 0.6) is 0 Å². The molecule has 0 aliphatic rings. The minimum atomic E-state index is -2.68. The Bertz CT molecular complexity index is 255. The van der Waals surface area contributed by atoms with Crippen LogP contribution in [0.15, 0.2) is 12.2 Å². The second-order valence-electron chi connectivity index (χ2n) is 2.06. The number of alkyl halides is 1. The fraction of sp³-hybridized carbons (Fsp3) is 0.500. The fourth-order valence-corrected chi connectivity index (χ4v) is 0.846. The van der Waals surface area contributed by atoms with Crippen LogP contribution in [-0.2, 0) is 20.4 Å². The first-order valence-electron chi connectivity index (χ1n) is 3.36. The normalized spacial score (nSPS) is 10.0. The van der Waals surface area contributed by atoms with E-state index >= 15 is 0 Å². The van der Waals surface area contributed by atoms with Gasteiger partial charge in [-0.1, -0.05) is 6.58 Å². The molecule has 0 aliphatic carbocycles. The third-order valence-electron chi connectivity index (χ3n) is 1.14. The minimum absolute atomic E-state index is 0.0296. The van der Waals surface area contributed by atoms with E-state index in [-0.39, 0.29) is 18.5 Å². The number of nitrogens with one attached hydrogen (secondary N) is 1. The highest BCUT2D eigenvalue weighted by atomic mass is 32.2. The van der Waals surface area contributed by atoms with E-state index in [9.17, 15) is 17.6 Å². The van der Waals surface area contributed by atoms with Gasteiger partial charge in [0.25, 0.3) is 0 Å². The molecule has 0 amide bonds. The van der Waals surface area contributed by atoms with Crippen molar-refractivity contribution in [1.82, 2.24) is 4.72 Å². The van der Waals surface area contributed by atoms with E-state index in [1.54, 1.807) is 0 Å². The molecule has 0 aromatic carbocycles. The van der Waals surface area contributed by atoms with Crippen molar-refractivity contribution >= 4 is 16.9 Å². The van der Waals surface area contributed by atoms with E-state index < -0.39 is 23.7 Å². The van der Waals surface area contributed by atoms with Crippen molar-refractivity contribution in [3.05, 3.63) is 12.2 Å². The Kier molecular flexibility index (Phi) is 6.07. The lowest BCUT2D eigenvalue weighted by atomic mass is 10.2. The first-order valence-corrected chi connectivity index (χ1v) is 4.54. The van der Waals surface area contributed by atoms with Crippen molar-refractivity contribution in [2.24, 2.45) is 0 Å². The van der Waals surface area contributed by atoms with Gasteiger partial charge in [0.15, 0.2) is 0 Å². The molecule has 0 rings (SSSR count). The molecule has 13 heavy (non-hydrogen) atoms. The van der Waals surface area contributed by atoms with E-state index in [2.05, 4.69) is 16.0 Å². The molecular formula is C6H10FNO4S. The molecule has 7 heteroatoms. The largest absolute Gasteiger partial charge is 0.430 e. The zero-order chi connectivity index (χ0) is 10.3. The number of halogens is 1. The summed E-state index contributed by atoms with van der Waals surface area (Å²) in [5.74, 6) is -0.856. The van der Waals surface area contributed by atoms with Gasteiger partial charge in [-0.05, 0) is 6.42 Å². The van der Waals surface area contributed by atoms with Crippen LogP contribution in [0.4, 0.5) is 4.39 Å². The van der Waals surface area contributed by atoms with Crippen molar-refractivity contribution in [1.29, 1.82) is 0 Å². The molecule has 5 nitrogen and oxygen atoms in total. The molecule has 76 valence electrons. The molecule has 0 radical (unpaired) electrons. The first-order chi connectivity index (χ1) is 6.07. The van der Waals surface area contributed by atoms with Crippen LogP contribution >= 0.6 is 0 Å². The summed E-state index contributed by atoms with van der Waals surface area (Å²) >= 11 is 0. The maximum atomic E-state index is 11.5. The van der Waals surface area contributed by atoms with E-state index in [1.807, 2.05) is 0 Å². The molecule has 0 fully saturated rings. The second-order valence-corrected chi connectivity index (χ2v) is 2.89. The van der Waals surface area contributed by atoms with Gasteiger partial charge >= 0.3 is 5.97 Å². The molecule has 0 aromatic heterocycles. The zero-order valence-corrected chi connectivity index (χ0v) is 7.68. The van der Waals surface area contributed by atoms with Gasteiger partial charge in [-0.25, -0.2) is 22.3 Å². The van der Waals surface area contributed by atoms with Crippen LogP contribution in [0.2, 0.25) is 0 Å². The van der Waals surface area contributed by atoms with Crippen LogP contribution in [0, 0.1) is 0 Å². The van der Waals surface area contributed by atoms with Gasteiger partial charge in [0, 0.05) is 12.1 Å². The molecule has 0 saturated heterocycles. The minimum Gasteiger partial charge on any atom is -0.430 e. The van der Waals surface area contributed by atoms with Gasteiger partial charge in [0.05, 0.1) is 0 Å². The smallest absolute Gasteiger partial charge is 0.335 e. The number of carbonyl (C=O) groups is 1. The molecule has 0 saturated carbocycles. The lowest BCUT2D eigenvalue weighted by Gasteiger charge is -2.02. The van der Waals surface area contributed by atoms with Gasteiger partial charge in [0.1, 0.15) is 0 Å². The summed E-state index contributed by atoms with van der Waals surface area (Å²) in [5.41, 5.74) is 0.0296. The Hall–Kier alpha value is -0.950. The molecular weight excluding hydrogens is 201 g/mol. The van der Waals surface area contributed by atoms with E-state index in [1.165, 1.54) is 0 Å². The molecule has 0 heterocycles. The van der Waals surface area contributed by atoms with Gasteiger partial charge in [-0.3, -0.25) is 0 Å². The second kappa shape index (κ2) is 6.55. The van der Waals surface area contributed by atoms with E-state index in [0.29, 0.717) is 0 Å². The summed E-state index contributed by atoms with van der Waals surface area (Å²) in [6.45, 7) is 2.14. The topological polar surface area (TPSA) is 72.5 Å². The van der Waals surface area contributed by atoms with Crippen molar-refractivity contribution in [2.75, 3.05) is 13.4 Å². The molecule has 0 spiro atoms. The summed E-state index contributed by atoms with van der Waals surface area (Å²) < 4.78 is 37.5. The number of carbonyl (C=O) groups excluding carboxylic acids is 1. The van der Waals surface area contributed by atoms with Crippen LogP contribution in [0.3, 0.4) is 0 Å². The zero-order valence-electron chi connectivity index (χ0n) is 6.79. The summed E-state index contributed by atoms with van der Waals surface area (Å²) in [6, 6.07) is 0. The summed E-state index contributed by atoms with van der Waals surface area (Å²) in [5, 5.41) is 0. The average Bonchev–Trinajstić information content (AvgIpc) is 2.04. The summed E-state index contributed by atoms with van der Waals surface area (Å²) in [6.07, 6.45) is 0.0994. The Morgan fingerprint density at radius 2 is 2.15 bits per heavy atom. The van der Waals surface area contributed by atoms with Gasteiger partial charge in [-0.2, -0.15) is 0 Å². The quantitative estimate of drug-likeness (QED) is 0.353. The number of thiol groups is 1. The Balaban J connectivity index is 3.68. The third-order valence-corrected chi connectivity index (χ3v) is 1.62. The lowest BCUT2D eigenvalue weighted by molar-refractivity contribution is -0.143. The number of ether oxygens (including phenoxy) is 1. The lowest BCUT2D eigenvalue weighted by Crippen LogP contribution is -2.16.